The van der Waals surface area contributed by atoms with Crippen LogP contribution < -0.4 is 25.4 Å². The van der Waals surface area contributed by atoms with Crippen LogP contribution in [0.1, 0.15) is 23.7 Å². The summed E-state index contributed by atoms with van der Waals surface area (Å²) in [4.78, 5) is 28.9. The van der Waals surface area contributed by atoms with Gasteiger partial charge in [-0.15, -0.1) is 0 Å². The molecule has 8 heteroatoms. The highest BCUT2D eigenvalue weighted by Crippen LogP contribution is 2.29. The molecule has 144 valence electrons. The number of amides is 2. The standard InChI is InChI=1S/C19H24N4O4/c1-5-14(19(25)20-2)22-17-13(7-6-10-21-17)18(24)23-15-9-8-12(26-3)11-16(15)27-4/h6-11,14H,5H2,1-4H3,(H,20,25)(H,21,22)(H,23,24). The molecule has 0 fully saturated rings. The van der Waals surface area contributed by atoms with Gasteiger partial charge in [0.05, 0.1) is 25.5 Å². The van der Waals surface area contributed by atoms with Gasteiger partial charge in [-0.05, 0) is 30.7 Å². The first kappa shape index (κ1) is 20.0. The van der Waals surface area contributed by atoms with Gasteiger partial charge in [-0.1, -0.05) is 6.92 Å². The average Bonchev–Trinajstić information content (AvgIpc) is 2.71. The third-order valence-electron chi connectivity index (χ3n) is 3.99. The molecular formula is C19H24N4O4. The molecule has 0 aliphatic carbocycles. The summed E-state index contributed by atoms with van der Waals surface area (Å²) in [6.07, 6.45) is 2.10. The number of carbonyl (C=O) groups excluding carboxylic acids is 2. The van der Waals surface area contributed by atoms with Crippen LogP contribution in [0.3, 0.4) is 0 Å². The number of rotatable bonds is 8. The van der Waals surface area contributed by atoms with Crippen LogP contribution in [0.2, 0.25) is 0 Å². The van der Waals surface area contributed by atoms with E-state index in [1.807, 2.05) is 6.92 Å². The van der Waals surface area contributed by atoms with E-state index in [2.05, 4.69) is 20.9 Å². The van der Waals surface area contributed by atoms with Crippen molar-refractivity contribution in [2.45, 2.75) is 19.4 Å². The fraction of sp³-hybridized carbons (Fsp3) is 0.316. The van der Waals surface area contributed by atoms with Crippen molar-refractivity contribution in [3.05, 3.63) is 42.1 Å². The Labute approximate surface area is 158 Å². The predicted molar refractivity (Wildman–Crippen MR) is 104 cm³/mol. The highest BCUT2D eigenvalue weighted by Gasteiger charge is 2.20. The third-order valence-corrected chi connectivity index (χ3v) is 3.99. The summed E-state index contributed by atoms with van der Waals surface area (Å²) in [5, 5.41) is 8.42. The number of nitrogens with one attached hydrogen (secondary N) is 3. The Morgan fingerprint density at radius 3 is 2.59 bits per heavy atom. The van der Waals surface area contributed by atoms with E-state index in [0.717, 1.165) is 0 Å². The molecule has 1 aromatic heterocycles. The van der Waals surface area contributed by atoms with Crippen LogP contribution in [0.4, 0.5) is 11.5 Å². The minimum Gasteiger partial charge on any atom is -0.497 e. The Hall–Kier alpha value is -3.29. The number of aromatic nitrogens is 1. The van der Waals surface area contributed by atoms with E-state index in [1.165, 1.54) is 7.11 Å². The fourth-order valence-corrected chi connectivity index (χ4v) is 2.49. The van der Waals surface area contributed by atoms with Crippen molar-refractivity contribution in [1.29, 1.82) is 0 Å². The number of nitrogens with zero attached hydrogens (tertiary/aromatic N) is 1. The molecule has 1 unspecified atom stereocenters. The van der Waals surface area contributed by atoms with Gasteiger partial charge in [0.2, 0.25) is 5.91 Å². The van der Waals surface area contributed by atoms with Crippen LogP contribution in [0.5, 0.6) is 11.5 Å². The van der Waals surface area contributed by atoms with Gasteiger partial charge in [0.15, 0.2) is 0 Å². The van der Waals surface area contributed by atoms with E-state index < -0.39 is 6.04 Å². The lowest BCUT2D eigenvalue weighted by Gasteiger charge is -2.18. The summed E-state index contributed by atoms with van der Waals surface area (Å²) in [6, 6.07) is 7.89. The van der Waals surface area contributed by atoms with Crippen LogP contribution in [0.25, 0.3) is 0 Å². The minimum atomic E-state index is -0.494. The van der Waals surface area contributed by atoms with Gasteiger partial charge in [0, 0.05) is 19.3 Å². The summed E-state index contributed by atoms with van der Waals surface area (Å²) in [6.45, 7) is 1.87. The molecule has 0 saturated carbocycles. The number of ether oxygens (including phenoxy) is 2. The zero-order valence-corrected chi connectivity index (χ0v) is 15.8. The van der Waals surface area contributed by atoms with E-state index in [-0.39, 0.29) is 11.8 Å². The second-order valence-electron chi connectivity index (χ2n) is 5.64. The molecule has 0 spiro atoms. The SMILES string of the molecule is CCC(Nc1ncccc1C(=O)Nc1ccc(OC)cc1OC)C(=O)NC. The Morgan fingerprint density at radius 2 is 1.96 bits per heavy atom. The quantitative estimate of drug-likeness (QED) is 0.657. The van der Waals surface area contributed by atoms with Gasteiger partial charge in [-0.3, -0.25) is 9.59 Å². The molecule has 8 nitrogen and oxygen atoms in total. The maximum atomic E-state index is 12.8. The molecule has 3 N–H and O–H groups in total. The molecule has 0 saturated heterocycles. The lowest BCUT2D eigenvalue weighted by Crippen LogP contribution is -2.38. The van der Waals surface area contributed by atoms with Gasteiger partial charge < -0.3 is 25.4 Å². The number of benzene rings is 1. The molecule has 0 radical (unpaired) electrons. The number of pyridine rings is 1. The average molecular weight is 372 g/mol. The monoisotopic (exact) mass is 372 g/mol. The van der Waals surface area contributed by atoms with Gasteiger partial charge >= 0.3 is 0 Å². The summed E-state index contributed by atoms with van der Waals surface area (Å²) < 4.78 is 10.5. The lowest BCUT2D eigenvalue weighted by atomic mass is 10.1. The summed E-state index contributed by atoms with van der Waals surface area (Å²) in [5.41, 5.74) is 0.814. The van der Waals surface area contributed by atoms with Crippen LogP contribution in [0.15, 0.2) is 36.5 Å². The van der Waals surface area contributed by atoms with Crippen LogP contribution >= 0.6 is 0 Å². The Morgan fingerprint density at radius 1 is 1.19 bits per heavy atom. The zero-order chi connectivity index (χ0) is 19.8. The van der Waals surface area contributed by atoms with E-state index in [1.54, 1.807) is 50.7 Å². The molecule has 1 heterocycles. The molecule has 27 heavy (non-hydrogen) atoms. The lowest BCUT2D eigenvalue weighted by molar-refractivity contribution is -0.121. The summed E-state index contributed by atoms with van der Waals surface area (Å²) in [7, 11) is 4.63. The fourth-order valence-electron chi connectivity index (χ4n) is 2.49. The zero-order valence-electron chi connectivity index (χ0n) is 15.8. The van der Waals surface area contributed by atoms with E-state index in [0.29, 0.717) is 35.0 Å². The first-order chi connectivity index (χ1) is 13.0. The highest BCUT2D eigenvalue weighted by molar-refractivity contribution is 6.08. The molecule has 2 amide bonds. The van der Waals surface area contributed by atoms with Gasteiger partial charge in [0.25, 0.3) is 5.91 Å². The van der Waals surface area contributed by atoms with Crippen LogP contribution in [-0.2, 0) is 4.79 Å². The summed E-state index contributed by atoms with van der Waals surface area (Å²) in [5.74, 6) is 0.868. The summed E-state index contributed by atoms with van der Waals surface area (Å²) >= 11 is 0. The van der Waals surface area contributed by atoms with E-state index in [4.69, 9.17) is 9.47 Å². The van der Waals surface area contributed by atoms with E-state index in [9.17, 15) is 9.59 Å². The highest BCUT2D eigenvalue weighted by atomic mass is 16.5. The Kier molecular flexibility index (Phi) is 6.99. The first-order valence-electron chi connectivity index (χ1n) is 8.50. The first-order valence-corrected chi connectivity index (χ1v) is 8.50. The maximum Gasteiger partial charge on any atom is 0.259 e. The largest absolute Gasteiger partial charge is 0.497 e. The van der Waals surface area contributed by atoms with Gasteiger partial charge in [-0.2, -0.15) is 0 Å². The van der Waals surface area contributed by atoms with Gasteiger partial charge in [-0.25, -0.2) is 4.98 Å². The van der Waals surface area contributed by atoms with Crippen molar-refractivity contribution in [3.8, 4) is 11.5 Å². The second kappa shape index (κ2) is 9.42. The molecule has 1 aromatic carbocycles. The van der Waals surface area contributed by atoms with Crippen molar-refractivity contribution in [2.24, 2.45) is 0 Å². The van der Waals surface area contributed by atoms with Crippen LogP contribution in [0, 0.1) is 0 Å². The van der Waals surface area contributed by atoms with Crippen molar-refractivity contribution in [3.63, 3.8) is 0 Å². The van der Waals surface area contributed by atoms with E-state index >= 15 is 0 Å². The van der Waals surface area contributed by atoms with Crippen molar-refractivity contribution in [1.82, 2.24) is 10.3 Å². The number of methoxy groups -OCH3 is 2. The van der Waals surface area contributed by atoms with Crippen molar-refractivity contribution in [2.75, 3.05) is 31.9 Å². The molecule has 2 aromatic rings. The number of hydrogen-bond acceptors (Lipinski definition) is 6. The molecular weight excluding hydrogens is 348 g/mol. The van der Waals surface area contributed by atoms with Crippen molar-refractivity contribution < 1.29 is 19.1 Å². The third kappa shape index (κ3) is 4.87. The number of carbonyl (C=O) groups is 2. The Balaban J connectivity index is 2.26. The predicted octanol–water partition coefficient (Wildman–Crippen LogP) is 2.29. The minimum absolute atomic E-state index is 0.175. The normalized spacial score (nSPS) is 11.3. The smallest absolute Gasteiger partial charge is 0.259 e. The van der Waals surface area contributed by atoms with Crippen LogP contribution in [-0.4, -0.2) is 44.1 Å². The number of hydrogen-bond donors (Lipinski definition) is 3. The van der Waals surface area contributed by atoms with Gasteiger partial charge in [0.1, 0.15) is 23.4 Å². The Bertz CT molecular complexity index is 810. The molecule has 1 atom stereocenters. The maximum absolute atomic E-state index is 12.8. The molecule has 0 aliphatic rings. The number of likely N-dealkylation sites (N-methyl/N-ethyl adjacent to an activating group) is 1. The molecule has 0 bridgehead atoms. The number of anilines is 2. The molecule has 2 rings (SSSR count). The molecule has 0 aliphatic heterocycles. The second-order valence-corrected chi connectivity index (χ2v) is 5.64. The topological polar surface area (TPSA) is 102 Å². The van der Waals surface area contributed by atoms with Crippen molar-refractivity contribution >= 4 is 23.3 Å².